The molecule has 0 aliphatic carbocycles. The van der Waals surface area contributed by atoms with Gasteiger partial charge in [0, 0.05) is 0 Å². The SMILES string of the molecule is CC(C)Oc1ccccc1S(=O)(=O)C(C)C. The third-order valence-corrected chi connectivity index (χ3v) is 4.33. The number of hydrogen-bond acceptors (Lipinski definition) is 3. The van der Waals surface area contributed by atoms with E-state index in [4.69, 9.17) is 4.74 Å². The van der Waals surface area contributed by atoms with Crippen molar-refractivity contribution in [2.45, 2.75) is 43.9 Å². The van der Waals surface area contributed by atoms with Crippen LogP contribution in [0, 0.1) is 0 Å². The van der Waals surface area contributed by atoms with Crippen LogP contribution >= 0.6 is 0 Å². The van der Waals surface area contributed by atoms with Gasteiger partial charge in [0.05, 0.1) is 11.4 Å². The smallest absolute Gasteiger partial charge is 0.184 e. The molecule has 0 radical (unpaired) electrons. The Labute approximate surface area is 97.4 Å². The number of rotatable bonds is 4. The number of para-hydroxylation sites is 1. The molecular formula is C12H18O3S. The third-order valence-electron chi connectivity index (χ3n) is 2.14. The second-order valence-electron chi connectivity index (χ2n) is 4.21. The van der Waals surface area contributed by atoms with Crippen molar-refractivity contribution in [3.8, 4) is 5.75 Å². The Morgan fingerprint density at radius 3 is 2.12 bits per heavy atom. The topological polar surface area (TPSA) is 43.4 Å². The van der Waals surface area contributed by atoms with E-state index in [1.54, 1.807) is 38.1 Å². The summed E-state index contributed by atoms with van der Waals surface area (Å²) in [6, 6.07) is 6.77. The zero-order valence-electron chi connectivity index (χ0n) is 10.1. The van der Waals surface area contributed by atoms with Gasteiger partial charge in [0.2, 0.25) is 0 Å². The fraction of sp³-hybridized carbons (Fsp3) is 0.500. The Morgan fingerprint density at radius 2 is 1.62 bits per heavy atom. The predicted octanol–water partition coefficient (Wildman–Crippen LogP) is 2.66. The second-order valence-corrected chi connectivity index (χ2v) is 6.68. The molecule has 0 bridgehead atoms. The van der Waals surface area contributed by atoms with Crippen molar-refractivity contribution >= 4 is 9.84 Å². The van der Waals surface area contributed by atoms with Gasteiger partial charge >= 0.3 is 0 Å². The lowest BCUT2D eigenvalue weighted by atomic mass is 10.3. The maximum absolute atomic E-state index is 12.1. The molecular weight excluding hydrogens is 224 g/mol. The average Bonchev–Trinajstić information content (AvgIpc) is 2.17. The van der Waals surface area contributed by atoms with Gasteiger partial charge in [-0.3, -0.25) is 0 Å². The molecule has 0 saturated carbocycles. The van der Waals surface area contributed by atoms with E-state index >= 15 is 0 Å². The molecule has 0 amide bonds. The maximum atomic E-state index is 12.1. The highest BCUT2D eigenvalue weighted by atomic mass is 32.2. The van der Waals surface area contributed by atoms with Crippen molar-refractivity contribution in [2.24, 2.45) is 0 Å². The number of sulfone groups is 1. The molecule has 0 N–H and O–H groups in total. The van der Waals surface area contributed by atoms with Gasteiger partial charge < -0.3 is 4.74 Å². The van der Waals surface area contributed by atoms with Gasteiger partial charge in [0.25, 0.3) is 0 Å². The van der Waals surface area contributed by atoms with Gasteiger partial charge in [-0.1, -0.05) is 12.1 Å². The van der Waals surface area contributed by atoms with Crippen LogP contribution in [0.2, 0.25) is 0 Å². The molecule has 0 fully saturated rings. The minimum absolute atomic E-state index is 0.0384. The van der Waals surface area contributed by atoms with Gasteiger partial charge in [0.15, 0.2) is 9.84 Å². The molecule has 0 spiro atoms. The molecule has 1 aromatic carbocycles. The van der Waals surface area contributed by atoms with Crippen LogP contribution in [-0.2, 0) is 9.84 Å². The van der Waals surface area contributed by atoms with E-state index in [2.05, 4.69) is 0 Å². The van der Waals surface area contributed by atoms with Crippen molar-refractivity contribution in [1.29, 1.82) is 0 Å². The van der Waals surface area contributed by atoms with Gasteiger partial charge in [-0.05, 0) is 39.8 Å². The predicted molar refractivity (Wildman–Crippen MR) is 64.5 cm³/mol. The van der Waals surface area contributed by atoms with Gasteiger partial charge in [0.1, 0.15) is 10.6 Å². The van der Waals surface area contributed by atoms with E-state index in [9.17, 15) is 8.42 Å². The van der Waals surface area contributed by atoms with Crippen molar-refractivity contribution in [1.82, 2.24) is 0 Å². The lowest BCUT2D eigenvalue weighted by Crippen LogP contribution is -2.16. The molecule has 0 aromatic heterocycles. The van der Waals surface area contributed by atoms with Crippen LogP contribution in [-0.4, -0.2) is 19.8 Å². The zero-order chi connectivity index (χ0) is 12.3. The third kappa shape index (κ3) is 2.76. The molecule has 0 aliphatic rings. The minimum Gasteiger partial charge on any atom is -0.490 e. The van der Waals surface area contributed by atoms with Crippen molar-refractivity contribution in [3.05, 3.63) is 24.3 Å². The molecule has 0 unspecified atom stereocenters. The van der Waals surface area contributed by atoms with Crippen molar-refractivity contribution in [3.63, 3.8) is 0 Å². The molecule has 90 valence electrons. The summed E-state index contributed by atoms with van der Waals surface area (Å²) in [4.78, 5) is 0.277. The maximum Gasteiger partial charge on any atom is 0.184 e. The number of ether oxygens (including phenoxy) is 1. The van der Waals surface area contributed by atoms with Crippen LogP contribution in [0.3, 0.4) is 0 Å². The van der Waals surface area contributed by atoms with E-state index in [0.29, 0.717) is 5.75 Å². The lowest BCUT2D eigenvalue weighted by Gasteiger charge is -2.15. The monoisotopic (exact) mass is 242 g/mol. The molecule has 0 heterocycles. The fourth-order valence-electron chi connectivity index (χ4n) is 1.29. The average molecular weight is 242 g/mol. The summed E-state index contributed by atoms with van der Waals surface area (Å²) in [5.74, 6) is 0.436. The van der Waals surface area contributed by atoms with Crippen LogP contribution < -0.4 is 4.74 Å². The van der Waals surface area contributed by atoms with Crippen LogP contribution in [0.25, 0.3) is 0 Å². The van der Waals surface area contributed by atoms with E-state index in [1.807, 2.05) is 13.8 Å². The normalized spacial score (nSPS) is 12.1. The highest BCUT2D eigenvalue weighted by molar-refractivity contribution is 7.92. The molecule has 4 heteroatoms. The van der Waals surface area contributed by atoms with Gasteiger partial charge in [-0.2, -0.15) is 0 Å². The van der Waals surface area contributed by atoms with Crippen molar-refractivity contribution < 1.29 is 13.2 Å². The summed E-state index contributed by atoms with van der Waals surface area (Å²) in [5, 5.41) is -0.440. The summed E-state index contributed by atoms with van der Waals surface area (Å²) >= 11 is 0. The molecule has 0 atom stereocenters. The first-order valence-electron chi connectivity index (χ1n) is 5.35. The van der Waals surface area contributed by atoms with Gasteiger partial charge in [-0.25, -0.2) is 8.42 Å². The molecule has 16 heavy (non-hydrogen) atoms. The first-order chi connectivity index (χ1) is 7.35. The largest absolute Gasteiger partial charge is 0.490 e. The van der Waals surface area contributed by atoms with Crippen LogP contribution in [0.4, 0.5) is 0 Å². The van der Waals surface area contributed by atoms with E-state index in [-0.39, 0.29) is 11.0 Å². The Hall–Kier alpha value is -1.03. The first kappa shape index (κ1) is 13.0. The Morgan fingerprint density at radius 1 is 1.06 bits per heavy atom. The molecule has 0 aliphatic heterocycles. The molecule has 3 nitrogen and oxygen atoms in total. The molecule has 0 saturated heterocycles. The lowest BCUT2D eigenvalue weighted by molar-refractivity contribution is 0.236. The summed E-state index contributed by atoms with van der Waals surface area (Å²) in [5.41, 5.74) is 0. The Balaban J connectivity index is 3.24. The molecule has 1 aromatic rings. The van der Waals surface area contributed by atoms with E-state index in [1.165, 1.54) is 0 Å². The van der Waals surface area contributed by atoms with Crippen LogP contribution in [0.1, 0.15) is 27.7 Å². The Kier molecular flexibility index (Phi) is 3.97. The standard InChI is InChI=1S/C12H18O3S/c1-9(2)15-11-7-5-6-8-12(11)16(13,14)10(3)4/h5-10H,1-4H3. The quantitative estimate of drug-likeness (QED) is 0.815. The second kappa shape index (κ2) is 4.87. The van der Waals surface area contributed by atoms with Crippen molar-refractivity contribution in [2.75, 3.05) is 0 Å². The summed E-state index contributed by atoms with van der Waals surface area (Å²) in [6.07, 6.45) is -0.0384. The van der Waals surface area contributed by atoms with E-state index < -0.39 is 15.1 Å². The van der Waals surface area contributed by atoms with E-state index in [0.717, 1.165) is 0 Å². The number of benzene rings is 1. The highest BCUT2D eigenvalue weighted by Crippen LogP contribution is 2.27. The zero-order valence-corrected chi connectivity index (χ0v) is 10.9. The summed E-state index contributed by atoms with van der Waals surface area (Å²) < 4.78 is 29.6. The minimum atomic E-state index is -3.28. The Bertz CT molecular complexity index is 447. The summed E-state index contributed by atoms with van der Waals surface area (Å²) in [6.45, 7) is 7.08. The van der Waals surface area contributed by atoms with Gasteiger partial charge in [-0.15, -0.1) is 0 Å². The highest BCUT2D eigenvalue weighted by Gasteiger charge is 2.23. The fourth-order valence-corrected chi connectivity index (χ4v) is 2.46. The van der Waals surface area contributed by atoms with Crippen LogP contribution in [0.5, 0.6) is 5.75 Å². The molecule has 1 rings (SSSR count). The number of hydrogen-bond donors (Lipinski definition) is 0. The van der Waals surface area contributed by atoms with Crippen LogP contribution in [0.15, 0.2) is 29.2 Å². The summed E-state index contributed by atoms with van der Waals surface area (Å²) in [7, 11) is -3.28. The first-order valence-corrected chi connectivity index (χ1v) is 6.90.